The van der Waals surface area contributed by atoms with Crippen LogP contribution in [0.2, 0.25) is 15.1 Å². The van der Waals surface area contributed by atoms with E-state index < -0.39 is 11.6 Å². The number of esters is 1. The number of rotatable bonds is 5. The van der Waals surface area contributed by atoms with Crippen molar-refractivity contribution in [1.29, 1.82) is 0 Å². The molecule has 0 spiro atoms. The second kappa shape index (κ2) is 7.93. The molecule has 0 unspecified atom stereocenters. The van der Waals surface area contributed by atoms with Crippen LogP contribution in [0.3, 0.4) is 0 Å². The molecule has 2 N–H and O–H groups in total. The smallest absolute Gasteiger partial charge is 0.344 e. The third kappa shape index (κ3) is 5.15. The summed E-state index contributed by atoms with van der Waals surface area (Å²) in [6, 6.07) is 3.02. The second-order valence-corrected chi connectivity index (χ2v) is 7.46. The number of halogens is 3. The average Bonchev–Trinajstić information content (AvgIpc) is 2.46. The van der Waals surface area contributed by atoms with E-state index in [2.05, 4.69) is 5.32 Å². The second-order valence-electron chi connectivity index (χ2n) is 6.21. The Morgan fingerprint density at radius 2 is 1.78 bits per heavy atom. The molecule has 1 aromatic rings. The molecule has 1 fully saturated rings. The predicted octanol–water partition coefficient (Wildman–Crippen LogP) is 3.32. The van der Waals surface area contributed by atoms with Crippen LogP contribution in [0, 0.1) is 5.92 Å². The van der Waals surface area contributed by atoms with Gasteiger partial charge in [-0.1, -0.05) is 34.8 Å². The molecule has 0 aliphatic carbocycles. The fourth-order valence-corrected chi connectivity index (χ4v) is 3.75. The van der Waals surface area contributed by atoms with Crippen molar-refractivity contribution in [3.05, 3.63) is 27.2 Å². The van der Waals surface area contributed by atoms with E-state index in [0.717, 1.165) is 25.9 Å². The van der Waals surface area contributed by atoms with E-state index in [0.29, 0.717) is 10.9 Å². The first-order valence-electron chi connectivity index (χ1n) is 7.60. The van der Waals surface area contributed by atoms with Crippen molar-refractivity contribution in [2.75, 3.05) is 19.7 Å². The molecule has 128 valence electrons. The molecule has 7 heteroatoms. The number of quaternary nitrogens is 1. The molecule has 0 bridgehead atoms. The van der Waals surface area contributed by atoms with E-state index >= 15 is 0 Å². The quantitative estimate of drug-likeness (QED) is 0.796. The first kappa shape index (κ1) is 18.7. The predicted molar refractivity (Wildman–Crippen MR) is 91.5 cm³/mol. The molecule has 1 aliphatic heterocycles. The fraction of sp³-hybridized carbons (Fsp3) is 0.562. The van der Waals surface area contributed by atoms with Crippen LogP contribution in [0.25, 0.3) is 0 Å². The summed E-state index contributed by atoms with van der Waals surface area (Å²) in [5, 5.41) is 3.21. The van der Waals surface area contributed by atoms with Crippen LogP contribution < -0.4 is 10.1 Å². The zero-order valence-corrected chi connectivity index (χ0v) is 15.5. The van der Waals surface area contributed by atoms with Crippen LogP contribution >= 0.6 is 34.8 Å². The van der Waals surface area contributed by atoms with Gasteiger partial charge in [-0.25, -0.2) is 4.79 Å². The summed E-state index contributed by atoms with van der Waals surface area (Å²) < 4.78 is 11.0. The maximum Gasteiger partial charge on any atom is 0.344 e. The lowest BCUT2D eigenvalue weighted by Gasteiger charge is -2.35. The zero-order valence-electron chi connectivity index (χ0n) is 13.2. The summed E-state index contributed by atoms with van der Waals surface area (Å²) >= 11 is 17.9. The van der Waals surface area contributed by atoms with Gasteiger partial charge in [0.25, 0.3) is 0 Å². The van der Waals surface area contributed by atoms with E-state index in [1.165, 1.54) is 12.1 Å². The summed E-state index contributed by atoms with van der Waals surface area (Å²) in [6.07, 6.45) is 2.08. The molecule has 1 saturated heterocycles. The third-order valence-corrected chi connectivity index (χ3v) is 4.88. The Morgan fingerprint density at radius 3 is 2.35 bits per heavy atom. The van der Waals surface area contributed by atoms with Crippen LogP contribution in [-0.4, -0.2) is 31.3 Å². The van der Waals surface area contributed by atoms with Gasteiger partial charge in [-0.2, -0.15) is 0 Å². The Balaban J connectivity index is 1.92. The van der Waals surface area contributed by atoms with Crippen LogP contribution in [-0.2, 0) is 9.53 Å². The van der Waals surface area contributed by atoms with Crippen molar-refractivity contribution in [3.63, 3.8) is 0 Å². The van der Waals surface area contributed by atoms with Gasteiger partial charge in [-0.15, -0.1) is 0 Å². The normalized spacial score (nSPS) is 16.2. The van der Waals surface area contributed by atoms with Gasteiger partial charge < -0.3 is 14.8 Å². The number of benzene rings is 1. The summed E-state index contributed by atoms with van der Waals surface area (Å²) in [5.74, 6) is 0.158. The lowest BCUT2D eigenvalue weighted by Crippen LogP contribution is -2.86. The Kier molecular flexibility index (Phi) is 6.43. The van der Waals surface area contributed by atoms with Gasteiger partial charge >= 0.3 is 5.97 Å². The Labute approximate surface area is 151 Å². The summed E-state index contributed by atoms with van der Waals surface area (Å²) in [6.45, 7) is 5.78. The van der Waals surface area contributed by atoms with E-state index in [-0.39, 0.29) is 22.4 Å². The highest BCUT2D eigenvalue weighted by molar-refractivity contribution is 6.40. The maximum absolute atomic E-state index is 12.1. The minimum absolute atomic E-state index is 0.236. The number of piperidine rings is 1. The van der Waals surface area contributed by atoms with Gasteiger partial charge in [-0.3, -0.25) is 0 Å². The van der Waals surface area contributed by atoms with Crippen molar-refractivity contribution in [3.8, 4) is 5.75 Å². The number of hydrogen-bond acceptors (Lipinski definition) is 3. The molecule has 23 heavy (non-hydrogen) atoms. The first-order valence-corrected chi connectivity index (χ1v) is 8.74. The number of ether oxygens (including phenoxy) is 2. The number of carbonyl (C=O) groups is 1. The Hall–Kier alpha value is -0.680. The largest absolute Gasteiger partial charge is 0.479 e. The summed E-state index contributed by atoms with van der Waals surface area (Å²) in [7, 11) is 0. The summed E-state index contributed by atoms with van der Waals surface area (Å²) in [4.78, 5) is 12.1. The number of nitrogens with two attached hydrogens (primary N) is 1. The number of hydrogen-bond donors (Lipinski definition) is 1. The Bertz CT molecular complexity index is 549. The summed E-state index contributed by atoms with van der Waals surface area (Å²) in [5.41, 5.74) is -0.512. The van der Waals surface area contributed by atoms with Gasteiger partial charge in [0.2, 0.25) is 0 Å². The van der Waals surface area contributed by atoms with Gasteiger partial charge in [-0.05, 0) is 26.0 Å². The molecular weight excluding hydrogens is 361 g/mol. The molecule has 0 atom stereocenters. The highest BCUT2D eigenvalue weighted by Crippen LogP contribution is 2.36. The van der Waals surface area contributed by atoms with Crippen molar-refractivity contribution >= 4 is 40.8 Å². The standard InChI is InChI=1S/C16H20Cl3NO3/c1-16(2,10-3-5-20-6-4-10)23-14(21)9-22-15-12(18)7-11(17)8-13(15)19/h7-8,10,20H,3-6,9H2,1-2H3/p+1. The Morgan fingerprint density at radius 1 is 1.22 bits per heavy atom. The maximum atomic E-state index is 12.1. The van der Waals surface area contributed by atoms with E-state index in [4.69, 9.17) is 44.3 Å². The minimum atomic E-state index is -0.512. The highest BCUT2D eigenvalue weighted by Gasteiger charge is 2.35. The van der Waals surface area contributed by atoms with Crippen LogP contribution in [0.1, 0.15) is 26.7 Å². The fourth-order valence-electron chi connectivity index (χ4n) is 2.83. The van der Waals surface area contributed by atoms with Crippen molar-refractivity contribution < 1.29 is 19.6 Å². The zero-order chi connectivity index (χ0) is 17.0. The van der Waals surface area contributed by atoms with Gasteiger partial charge in [0.05, 0.1) is 23.1 Å². The molecule has 1 heterocycles. The van der Waals surface area contributed by atoms with Gasteiger partial charge in [0, 0.05) is 23.8 Å². The van der Waals surface area contributed by atoms with Gasteiger partial charge in [0.15, 0.2) is 12.4 Å². The molecule has 1 aromatic carbocycles. The average molecular weight is 382 g/mol. The SMILES string of the molecule is CC(C)(OC(=O)COc1c(Cl)cc(Cl)cc1Cl)C1CC[NH2+]CC1. The van der Waals surface area contributed by atoms with Crippen LogP contribution in [0.15, 0.2) is 12.1 Å². The molecular formula is C16H21Cl3NO3+. The molecule has 0 amide bonds. The van der Waals surface area contributed by atoms with E-state index in [1.54, 1.807) is 0 Å². The van der Waals surface area contributed by atoms with E-state index in [1.807, 2.05) is 13.8 Å². The van der Waals surface area contributed by atoms with Crippen molar-refractivity contribution in [2.45, 2.75) is 32.3 Å². The number of carbonyl (C=O) groups excluding carboxylic acids is 1. The first-order chi connectivity index (χ1) is 10.8. The molecule has 0 saturated carbocycles. The van der Waals surface area contributed by atoms with Crippen molar-refractivity contribution in [1.82, 2.24) is 0 Å². The lowest BCUT2D eigenvalue weighted by atomic mass is 9.83. The molecule has 1 aliphatic rings. The lowest BCUT2D eigenvalue weighted by molar-refractivity contribution is -0.665. The topological polar surface area (TPSA) is 52.1 Å². The van der Waals surface area contributed by atoms with Crippen LogP contribution in [0.5, 0.6) is 5.75 Å². The highest BCUT2D eigenvalue weighted by atomic mass is 35.5. The van der Waals surface area contributed by atoms with Crippen LogP contribution in [0.4, 0.5) is 0 Å². The van der Waals surface area contributed by atoms with Crippen molar-refractivity contribution in [2.24, 2.45) is 5.92 Å². The molecule has 4 nitrogen and oxygen atoms in total. The minimum Gasteiger partial charge on any atom is -0.479 e. The molecule has 2 rings (SSSR count). The monoisotopic (exact) mass is 380 g/mol. The molecule has 0 aromatic heterocycles. The third-order valence-electron chi connectivity index (χ3n) is 4.10. The molecule has 0 radical (unpaired) electrons. The van der Waals surface area contributed by atoms with Gasteiger partial charge in [0.1, 0.15) is 5.60 Å². The van der Waals surface area contributed by atoms with E-state index in [9.17, 15) is 4.79 Å².